The summed E-state index contributed by atoms with van der Waals surface area (Å²) in [6.45, 7) is 0.520. The number of hydrogen-bond acceptors (Lipinski definition) is 6. The average Bonchev–Trinajstić information content (AvgIpc) is 2.92. The van der Waals surface area contributed by atoms with Crippen molar-refractivity contribution in [3.63, 3.8) is 0 Å². The van der Waals surface area contributed by atoms with E-state index in [2.05, 4.69) is 20.1 Å². The molecule has 2 aromatic rings. The van der Waals surface area contributed by atoms with Crippen LogP contribution in [0, 0.1) is 0 Å². The SMILES string of the molecule is CNC(=O)c1c(N)nsc1NCc1ccn(C)n1. The molecule has 0 fully saturated rings. The second-order valence-corrected chi connectivity index (χ2v) is 4.46. The minimum absolute atomic E-state index is 0.239. The first-order valence-electron chi connectivity index (χ1n) is 5.31. The van der Waals surface area contributed by atoms with Crippen LogP contribution >= 0.6 is 11.5 Å². The summed E-state index contributed by atoms with van der Waals surface area (Å²) in [5, 5.41) is 10.5. The zero-order valence-corrected chi connectivity index (χ0v) is 10.9. The minimum atomic E-state index is -0.246. The Balaban J connectivity index is 2.12. The quantitative estimate of drug-likeness (QED) is 0.745. The van der Waals surface area contributed by atoms with Crippen molar-refractivity contribution in [1.29, 1.82) is 0 Å². The van der Waals surface area contributed by atoms with E-state index >= 15 is 0 Å². The van der Waals surface area contributed by atoms with Gasteiger partial charge in [0.15, 0.2) is 5.82 Å². The van der Waals surface area contributed by atoms with Crippen molar-refractivity contribution in [2.45, 2.75) is 6.54 Å². The Morgan fingerprint density at radius 1 is 1.61 bits per heavy atom. The molecule has 96 valence electrons. The van der Waals surface area contributed by atoms with Gasteiger partial charge in [0.1, 0.15) is 10.6 Å². The van der Waals surface area contributed by atoms with Crippen LogP contribution in [0.2, 0.25) is 0 Å². The first kappa shape index (κ1) is 12.4. The third-order valence-electron chi connectivity index (χ3n) is 2.37. The Hall–Kier alpha value is -2.09. The molecular weight excluding hydrogens is 252 g/mol. The monoisotopic (exact) mass is 266 g/mol. The third-order valence-corrected chi connectivity index (χ3v) is 3.19. The fourth-order valence-electron chi connectivity index (χ4n) is 1.50. The molecule has 0 aromatic carbocycles. The highest BCUT2D eigenvalue weighted by atomic mass is 32.1. The largest absolute Gasteiger partial charge is 0.382 e. The number of carbonyl (C=O) groups is 1. The molecule has 8 heteroatoms. The first-order valence-corrected chi connectivity index (χ1v) is 6.08. The summed E-state index contributed by atoms with van der Waals surface area (Å²) < 4.78 is 5.69. The molecule has 0 saturated carbocycles. The predicted molar refractivity (Wildman–Crippen MR) is 70.5 cm³/mol. The number of hydrogen-bond donors (Lipinski definition) is 3. The van der Waals surface area contributed by atoms with E-state index in [1.807, 2.05) is 19.3 Å². The second kappa shape index (κ2) is 5.05. The van der Waals surface area contributed by atoms with Crippen molar-refractivity contribution in [3.8, 4) is 0 Å². The molecule has 0 bridgehead atoms. The van der Waals surface area contributed by atoms with Crippen LogP contribution in [0.15, 0.2) is 12.3 Å². The number of rotatable bonds is 4. The zero-order chi connectivity index (χ0) is 13.1. The van der Waals surface area contributed by atoms with Gasteiger partial charge in [-0.25, -0.2) is 0 Å². The summed E-state index contributed by atoms with van der Waals surface area (Å²) in [5.74, 6) is -0.00681. The van der Waals surface area contributed by atoms with Crippen LogP contribution < -0.4 is 16.4 Å². The molecular formula is C10H14N6OS. The molecule has 0 unspecified atom stereocenters. The summed E-state index contributed by atoms with van der Waals surface area (Å²) in [5.41, 5.74) is 6.94. The topological polar surface area (TPSA) is 97.9 Å². The molecule has 0 spiro atoms. The van der Waals surface area contributed by atoms with Gasteiger partial charge in [-0.2, -0.15) is 9.47 Å². The van der Waals surface area contributed by atoms with Gasteiger partial charge >= 0.3 is 0 Å². The second-order valence-electron chi connectivity index (χ2n) is 3.69. The van der Waals surface area contributed by atoms with Crippen LogP contribution in [0.25, 0.3) is 0 Å². The lowest BCUT2D eigenvalue weighted by molar-refractivity contribution is 0.0965. The van der Waals surface area contributed by atoms with E-state index in [0.717, 1.165) is 17.2 Å². The van der Waals surface area contributed by atoms with Crippen LogP contribution in [0.4, 0.5) is 10.8 Å². The molecule has 0 saturated heterocycles. The first-order chi connectivity index (χ1) is 8.61. The highest BCUT2D eigenvalue weighted by Gasteiger charge is 2.17. The molecule has 4 N–H and O–H groups in total. The van der Waals surface area contributed by atoms with Gasteiger partial charge in [0.25, 0.3) is 5.91 Å². The Labute approximate surface area is 108 Å². The van der Waals surface area contributed by atoms with E-state index in [9.17, 15) is 4.79 Å². The molecule has 2 heterocycles. The number of nitrogens with two attached hydrogens (primary N) is 1. The van der Waals surface area contributed by atoms with Crippen LogP contribution in [0.3, 0.4) is 0 Å². The van der Waals surface area contributed by atoms with E-state index in [1.165, 1.54) is 0 Å². The molecule has 1 amide bonds. The Morgan fingerprint density at radius 2 is 2.39 bits per heavy atom. The van der Waals surface area contributed by atoms with Gasteiger partial charge in [-0.15, -0.1) is 0 Å². The summed E-state index contributed by atoms with van der Waals surface area (Å²) in [6.07, 6.45) is 1.86. The van der Waals surface area contributed by atoms with E-state index in [1.54, 1.807) is 11.7 Å². The van der Waals surface area contributed by atoms with Gasteiger partial charge in [-0.05, 0) is 17.6 Å². The smallest absolute Gasteiger partial charge is 0.257 e. The van der Waals surface area contributed by atoms with Gasteiger partial charge in [0, 0.05) is 20.3 Å². The third kappa shape index (κ3) is 2.43. The molecule has 0 aliphatic rings. The van der Waals surface area contributed by atoms with Crippen LogP contribution in [0.1, 0.15) is 16.1 Å². The summed E-state index contributed by atoms with van der Waals surface area (Å²) in [4.78, 5) is 11.6. The molecule has 18 heavy (non-hydrogen) atoms. The predicted octanol–water partition coefficient (Wildman–Crippen LogP) is 0.430. The van der Waals surface area contributed by atoms with Gasteiger partial charge in [-0.1, -0.05) is 0 Å². The van der Waals surface area contributed by atoms with Crippen LogP contribution in [-0.2, 0) is 13.6 Å². The highest BCUT2D eigenvalue weighted by molar-refractivity contribution is 7.11. The fraction of sp³-hybridized carbons (Fsp3) is 0.300. The number of carbonyl (C=O) groups excluding carboxylic acids is 1. The van der Waals surface area contributed by atoms with Crippen molar-refractivity contribution in [1.82, 2.24) is 19.5 Å². The van der Waals surface area contributed by atoms with E-state index < -0.39 is 0 Å². The van der Waals surface area contributed by atoms with E-state index in [4.69, 9.17) is 5.73 Å². The number of anilines is 2. The highest BCUT2D eigenvalue weighted by Crippen LogP contribution is 2.26. The summed E-state index contributed by atoms with van der Waals surface area (Å²) in [7, 11) is 3.41. The Morgan fingerprint density at radius 3 is 3.00 bits per heavy atom. The maximum absolute atomic E-state index is 11.6. The number of nitrogens with one attached hydrogen (secondary N) is 2. The molecule has 0 aliphatic heterocycles. The van der Waals surface area contributed by atoms with Crippen molar-refractivity contribution in [2.75, 3.05) is 18.1 Å². The van der Waals surface area contributed by atoms with E-state index in [0.29, 0.717) is 17.1 Å². The molecule has 0 atom stereocenters. The maximum atomic E-state index is 11.6. The average molecular weight is 266 g/mol. The lowest BCUT2D eigenvalue weighted by Gasteiger charge is -2.04. The van der Waals surface area contributed by atoms with Gasteiger partial charge in [0.05, 0.1) is 12.2 Å². The number of nitrogens with zero attached hydrogens (tertiary/aromatic N) is 3. The lowest BCUT2D eigenvalue weighted by atomic mass is 10.3. The Bertz CT molecular complexity index is 560. The zero-order valence-electron chi connectivity index (χ0n) is 10.1. The Kier molecular flexibility index (Phi) is 3.47. The van der Waals surface area contributed by atoms with Gasteiger partial charge in [0.2, 0.25) is 0 Å². The van der Waals surface area contributed by atoms with Crippen molar-refractivity contribution < 1.29 is 4.79 Å². The fourth-order valence-corrected chi connectivity index (χ4v) is 2.20. The number of amides is 1. The lowest BCUT2D eigenvalue weighted by Crippen LogP contribution is -2.20. The van der Waals surface area contributed by atoms with Gasteiger partial charge < -0.3 is 16.4 Å². The van der Waals surface area contributed by atoms with Crippen LogP contribution in [-0.4, -0.2) is 27.1 Å². The number of nitrogen functional groups attached to an aromatic ring is 1. The molecule has 2 aromatic heterocycles. The normalized spacial score (nSPS) is 10.3. The standard InChI is InChI=1S/C10H14N6OS/c1-12-9(17)7-8(11)15-18-10(7)13-5-6-3-4-16(2)14-6/h3-4,13H,5H2,1-2H3,(H2,11,15)(H,12,17). The maximum Gasteiger partial charge on any atom is 0.257 e. The molecule has 7 nitrogen and oxygen atoms in total. The van der Waals surface area contributed by atoms with Crippen LogP contribution in [0.5, 0.6) is 0 Å². The summed E-state index contributed by atoms with van der Waals surface area (Å²) >= 11 is 1.16. The number of aryl methyl sites for hydroxylation is 1. The van der Waals surface area contributed by atoms with Crippen molar-refractivity contribution >= 4 is 28.3 Å². The number of aromatic nitrogens is 3. The molecule has 2 rings (SSSR count). The van der Waals surface area contributed by atoms with E-state index in [-0.39, 0.29) is 11.7 Å². The van der Waals surface area contributed by atoms with Crippen molar-refractivity contribution in [3.05, 3.63) is 23.5 Å². The minimum Gasteiger partial charge on any atom is -0.382 e. The van der Waals surface area contributed by atoms with Gasteiger partial charge in [-0.3, -0.25) is 9.48 Å². The summed E-state index contributed by atoms with van der Waals surface area (Å²) in [6, 6.07) is 1.90. The molecule has 0 aliphatic carbocycles. The molecule has 0 radical (unpaired) electrons. The van der Waals surface area contributed by atoms with Crippen molar-refractivity contribution in [2.24, 2.45) is 7.05 Å².